The lowest BCUT2D eigenvalue weighted by Crippen LogP contribution is -2.54. The molecule has 1 heterocycles. The van der Waals surface area contributed by atoms with Gasteiger partial charge in [-0.05, 0) is 57.2 Å². The number of phenols is 1. The summed E-state index contributed by atoms with van der Waals surface area (Å²) in [5.41, 5.74) is 7.06. The summed E-state index contributed by atoms with van der Waals surface area (Å²) in [7, 11) is 0. The molecule has 1 aliphatic rings. The smallest absolute Gasteiger partial charge is 0.240 e. The highest BCUT2D eigenvalue weighted by Crippen LogP contribution is 2.23. The number of piperidine rings is 1. The molecule has 0 radical (unpaired) electrons. The molecule has 1 aliphatic heterocycles. The molecule has 0 aliphatic carbocycles. The first-order valence-corrected chi connectivity index (χ1v) is 7.34. The van der Waals surface area contributed by atoms with Crippen LogP contribution in [-0.4, -0.2) is 34.0 Å². The number of amides is 1. The minimum atomic E-state index is -0.512. The Hall–Kier alpha value is -1.55. The van der Waals surface area contributed by atoms with Crippen molar-refractivity contribution in [3.63, 3.8) is 0 Å². The summed E-state index contributed by atoms with van der Waals surface area (Å²) in [5, 5.41) is 9.27. The Morgan fingerprint density at radius 2 is 1.85 bits per heavy atom. The molecule has 0 saturated carbocycles. The summed E-state index contributed by atoms with van der Waals surface area (Å²) >= 11 is 0. The van der Waals surface area contributed by atoms with Crippen LogP contribution in [0.3, 0.4) is 0 Å². The van der Waals surface area contributed by atoms with Gasteiger partial charge in [0.25, 0.3) is 0 Å². The van der Waals surface area contributed by atoms with Gasteiger partial charge in [0, 0.05) is 12.1 Å². The molecule has 3 N–H and O–H groups in total. The zero-order valence-corrected chi connectivity index (χ0v) is 12.2. The molecule has 4 heteroatoms. The normalized spacial score (nSPS) is 24.4. The largest absolute Gasteiger partial charge is 0.508 e. The predicted octanol–water partition coefficient (Wildman–Crippen LogP) is 2.05. The highest BCUT2D eigenvalue weighted by atomic mass is 16.3. The van der Waals surface area contributed by atoms with E-state index >= 15 is 0 Å². The van der Waals surface area contributed by atoms with E-state index in [0.717, 1.165) is 18.4 Å². The van der Waals surface area contributed by atoms with Gasteiger partial charge < -0.3 is 15.7 Å². The molecule has 2 rings (SSSR count). The number of carbonyl (C=O) groups excluding carboxylic acids is 1. The average Bonchev–Trinajstić information content (AvgIpc) is 2.41. The maximum absolute atomic E-state index is 12.5. The van der Waals surface area contributed by atoms with Crippen LogP contribution in [0.2, 0.25) is 0 Å². The van der Waals surface area contributed by atoms with Crippen molar-refractivity contribution in [2.75, 3.05) is 0 Å². The van der Waals surface area contributed by atoms with Crippen LogP contribution in [0.25, 0.3) is 0 Å². The molecule has 110 valence electrons. The van der Waals surface area contributed by atoms with Gasteiger partial charge in [-0.1, -0.05) is 12.1 Å². The van der Waals surface area contributed by atoms with Crippen LogP contribution in [-0.2, 0) is 11.2 Å². The van der Waals surface area contributed by atoms with Crippen molar-refractivity contribution in [1.82, 2.24) is 4.90 Å². The van der Waals surface area contributed by atoms with Crippen molar-refractivity contribution in [1.29, 1.82) is 0 Å². The van der Waals surface area contributed by atoms with Crippen LogP contribution in [0.4, 0.5) is 0 Å². The van der Waals surface area contributed by atoms with Crippen molar-refractivity contribution in [3.05, 3.63) is 29.8 Å². The van der Waals surface area contributed by atoms with Gasteiger partial charge in [0.2, 0.25) is 5.91 Å². The van der Waals surface area contributed by atoms with Gasteiger partial charge in [0.05, 0.1) is 6.04 Å². The summed E-state index contributed by atoms with van der Waals surface area (Å²) in [4.78, 5) is 14.5. The van der Waals surface area contributed by atoms with E-state index in [4.69, 9.17) is 5.73 Å². The summed E-state index contributed by atoms with van der Waals surface area (Å²) in [5.74, 6) is 0.268. The molecule has 1 saturated heterocycles. The van der Waals surface area contributed by atoms with E-state index in [9.17, 15) is 9.90 Å². The Labute approximate surface area is 120 Å². The van der Waals surface area contributed by atoms with E-state index < -0.39 is 6.04 Å². The second kappa shape index (κ2) is 6.27. The van der Waals surface area contributed by atoms with Crippen molar-refractivity contribution in [2.45, 2.75) is 57.7 Å². The first kappa shape index (κ1) is 14.9. The van der Waals surface area contributed by atoms with Gasteiger partial charge in [-0.25, -0.2) is 0 Å². The minimum absolute atomic E-state index is 0.0396. The quantitative estimate of drug-likeness (QED) is 0.888. The van der Waals surface area contributed by atoms with Crippen LogP contribution in [0, 0.1) is 0 Å². The van der Waals surface area contributed by atoms with Crippen LogP contribution >= 0.6 is 0 Å². The second-order valence-corrected chi connectivity index (χ2v) is 5.85. The van der Waals surface area contributed by atoms with E-state index in [1.54, 1.807) is 12.1 Å². The molecule has 1 fully saturated rings. The van der Waals surface area contributed by atoms with Crippen molar-refractivity contribution in [2.24, 2.45) is 5.73 Å². The van der Waals surface area contributed by atoms with E-state index in [-0.39, 0.29) is 23.7 Å². The SMILES string of the molecule is CC1CCCC(C)N1C(=O)[C@@H](N)Cc1ccc(O)cc1. The number of benzene rings is 1. The molecule has 1 aromatic carbocycles. The lowest BCUT2D eigenvalue weighted by atomic mass is 9.95. The fourth-order valence-electron chi connectivity index (χ4n) is 3.02. The van der Waals surface area contributed by atoms with Gasteiger partial charge in [0.15, 0.2) is 0 Å². The van der Waals surface area contributed by atoms with Gasteiger partial charge >= 0.3 is 0 Å². The summed E-state index contributed by atoms with van der Waals surface area (Å²) in [6.07, 6.45) is 3.80. The Morgan fingerprint density at radius 3 is 2.40 bits per heavy atom. The lowest BCUT2D eigenvalue weighted by molar-refractivity contribution is -0.138. The van der Waals surface area contributed by atoms with Gasteiger partial charge in [-0.3, -0.25) is 4.79 Å². The molecular weight excluding hydrogens is 252 g/mol. The molecule has 2 unspecified atom stereocenters. The Morgan fingerprint density at radius 1 is 1.30 bits per heavy atom. The number of aromatic hydroxyl groups is 1. The number of likely N-dealkylation sites (tertiary alicyclic amines) is 1. The monoisotopic (exact) mass is 276 g/mol. The van der Waals surface area contributed by atoms with Crippen molar-refractivity contribution < 1.29 is 9.90 Å². The Bertz CT molecular complexity index is 448. The van der Waals surface area contributed by atoms with Crippen LogP contribution in [0.1, 0.15) is 38.7 Å². The molecule has 1 amide bonds. The second-order valence-electron chi connectivity index (χ2n) is 5.85. The summed E-state index contributed by atoms with van der Waals surface area (Å²) in [6, 6.07) is 6.91. The van der Waals surface area contributed by atoms with Crippen molar-refractivity contribution >= 4 is 5.91 Å². The molecule has 4 nitrogen and oxygen atoms in total. The highest BCUT2D eigenvalue weighted by Gasteiger charge is 2.31. The minimum Gasteiger partial charge on any atom is -0.508 e. The van der Waals surface area contributed by atoms with Crippen LogP contribution in [0.5, 0.6) is 5.75 Å². The molecule has 0 spiro atoms. The number of nitrogens with two attached hydrogens (primary N) is 1. The van der Waals surface area contributed by atoms with Crippen LogP contribution in [0.15, 0.2) is 24.3 Å². The van der Waals surface area contributed by atoms with E-state index in [1.807, 2.05) is 17.0 Å². The topological polar surface area (TPSA) is 66.6 Å². The first-order valence-electron chi connectivity index (χ1n) is 7.34. The van der Waals surface area contributed by atoms with Gasteiger partial charge in [-0.2, -0.15) is 0 Å². The third kappa shape index (κ3) is 3.31. The Balaban J connectivity index is 2.02. The number of carbonyl (C=O) groups is 1. The van der Waals surface area contributed by atoms with Gasteiger partial charge in [-0.15, -0.1) is 0 Å². The number of rotatable bonds is 3. The number of hydrogen-bond donors (Lipinski definition) is 2. The maximum atomic E-state index is 12.5. The molecule has 0 aromatic heterocycles. The van der Waals surface area contributed by atoms with E-state index in [0.29, 0.717) is 6.42 Å². The molecule has 1 aromatic rings. The third-order valence-corrected chi connectivity index (χ3v) is 4.16. The summed E-state index contributed by atoms with van der Waals surface area (Å²) in [6.45, 7) is 4.20. The number of phenolic OH excluding ortho intramolecular Hbond substituents is 1. The fourth-order valence-corrected chi connectivity index (χ4v) is 3.02. The fraction of sp³-hybridized carbons (Fsp3) is 0.562. The molecule has 3 atom stereocenters. The standard InChI is InChI=1S/C16H24N2O2/c1-11-4-3-5-12(2)18(11)16(20)15(17)10-13-6-8-14(19)9-7-13/h6-9,11-12,15,19H,3-5,10,17H2,1-2H3/t11?,12?,15-/m0/s1. The van der Waals surface area contributed by atoms with E-state index in [2.05, 4.69) is 13.8 Å². The molecule has 0 bridgehead atoms. The molecule has 20 heavy (non-hydrogen) atoms. The first-order chi connectivity index (χ1) is 9.49. The average molecular weight is 276 g/mol. The van der Waals surface area contributed by atoms with E-state index in [1.165, 1.54) is 6.42 Å². The predicted molar refractivity (Wildman–Crippen MR) is 79.4 cm³/mol. The third-order valence-electron chi connectivity index (χ3n) is 4.16. The van der Waals surface area contributed by atoms with Gasteiger partial charge in [0.1, 0.15) is 5.75 Å². The number of hydrogen-bond acceptors (Lipinski definition) is 3. The highest BCUT2D eigenvalue weighted by molar-refractivity contribution is 5.82. The van der Waals surface area contributed by atoms with Crippen molar-refractivity contribution in [3.8, 4) is 5.75 Å². The Kier molecular flexibility index (Phi) is 4.65. The lowest BCUT2D eigenvalue weighted by Gasteiger charge is -2.40. The molecular formula is C16H24N2O2. The maximum Gasteiger partial charge on any atom is 0.240 e. The summed E-state index contributed by atoms with van der Waals surface area (Å²) < 4.78 is 0. The van der Waals surface area contributed by atoms with Crippen LogP contribution < -0.4 is 5.73 Å². The zero-order chi connectivity index (χ0) is 14.7. The zero-order valence-electron chi connectivity index (χ0n) is 12.2. The number of nitrogens with zero attached hydrogens (tertiary/aromatic N) is 1.